The Labute approximate surface area is 151 Å². The lowest BCUT2D eigenvalue weighted by Crippen LogP contribution is -1.85. The van der Waals surface area contributed by atoms with Crippen molar-refractivity contribution in [3.05, 3.63) is 24.3 Å². The van der Waals surface area contributed by atoms with Gasteiger partial charge in [-0.1, -0.05) is 108 Å². The summed E-state index contributed by atoms with van der Waals surface area (Å²) in [5.74, 6) is 0. The summed E-state index contributed by atoms with van der Waals surface area (Å²) in [6.45, 7) is 0.496. The van der Waals surface area contributed by atoms with E-state index in [4.69, 9.17) is 10.2 Å². The normalized spacial score (nSPS) is 11.9. The highest BCUT2D eigenvalue weighted by Crippen LogP contribution is 2.13. The minimum absolute atomic E-state index is 0.135. The molecule has 0 amide bonds. The van der Waals surface area contributed by atoms with E-state index in [1.54, 1.807) is 6.08 Å². The highest BCUT2D eigenvalue weighted by atomic mass is 16.3. The molecule has 0 bridgehead atoms. The van der Waals surface area contributed by atoms with E-state index >= 15 is 0 Å². The van der Waals surface area contributed by atoms with Crippen molar-refractivity contribution in [2.24, 2.45) is 0 Å². The molecule has 0 spiro atoms. The van der Waals surface area contributed by atoms with Gasteiger partial charge in [0.25, 0.3) is 0 Å². The number of unbranched alkanes of at least 4 members (excludes halogenated alkanes) is 15. The molecule has 142 valence electrons. The quantitative estimate of drug-likeness (QED) is 0.213. The van der Waals surface area contributed by atoms with Crippen molar-refractivity contribution in [3.8, 4) is 0 Å². The zero-order valence-electron chi connectivity index (χ0n) is 15.9. The molecule has 0 atom stereocenters. The summed E-state index contributed by atoms with van der Waals surface area (Å²) in [4.78, 5) is 0. The predicted molar refractivity (Wildman–Crippen MR) is 106 cm³/mol. The van der Waals surface area contributed by atoms with E-state index in [-0.39, 0.29) is 6.61 Å². The Kier molecular flexibility index (Phi) is 21.8. The lowest BCUT2D eigenvalue weighted by molar-refractivity contribution is 0.282. The first kappa shape index (κ1) is 23.4. The van der Waals surface area contributed by atoms with Gasteiger partial charge in [0.1, 0.15) is 0 Å². The average Bonchev–Trinajstić information content (AvgIpc) is 2.60. The first-order chi connectivity index (χ1) is 11.9. The smallest absolute Gasteiger partial charge is 0.0615 e. The number of hydrogen-bond donors (Lipinski definition) is 2. The van der Waals surface area contributed by atoms with Crippen LogP contribution in [-0.4, -0.2) is 23.4 Å². The molecule has 2 nitrogen and oxygen atoms in total. The Balaban J connectivity index is 3.02. The minimum atomic E-state index is 0.135. The topological polar surface area (TPSA) is 40.5 Å². The number of rotatable bonds is 19. The summed E-state index contributed by atoms with van der Waals surface area (Å²) >= 11 is 0. The van der Waals surface area contributed by atoms with Crippen LogP contribution in [0.1, 0.15) is 103 Å². The molecule has 0 aromatic carbocycles. The number of hydrogen-bond acceptors (Lipinski definition) is 2. The van der Waals surface area contributed by atoms with Gasteiger partial charge in [0, 0.05) is 6.61 Å². The van der Waals surface area contributed by atoms with Crippen LogP contribution >= 0.6 is 0 Å². The Hall–Kier alpha value is -0.600. The van der Waals surface area contributed by atoms with Gasteiger partial charge in [0.05, 0.1) is 6.61 Å². The molecular weight excluding hydrogens is 296 g/mol. The van der Waals surface area contributed by atoms with Crippen molar-refractivity contribution in [1.82, 2.24) is 0 Å². The molecular formula is C22H42O2. The fourth-order valence-electron chi connectivity index (χ4n) is 2.99. The van der Waals surface area contributed by atoms with E-state index in [0.29, 0.717) is 6.61 Å². The van der Waals surface area contributed by atoms with E-state index < -0.39 is 0 Å². The van der Waals surface area contributed by atoms with Crippen LogP contribution in [0.3, 0.4) is 0 Å². The van der Waals surface area contributed by atoms with Gasteiger partial charge in [-0.25, -0.2) is 0 Å². The zero-order chi connectivity index (χ0) is 17.6. The maximum Gasteiger partial charge on any atom is 0.0615 e. The molecule has 0 aromatic heterocycles. The van der Waals surface area contributed by atoms with Crippen molar-refractivity contribution in [2.75, 3.05) is 13.2 Å². The Morgan fingerprint density at radius 1 is 0.417 bits per heavy atom. The van der Waals surface area contributed by atoms with Gasteiger partial charge < -0.3 is 10.2 Å². The van der Waals surface area contributed by atoms with E-state index in [1.807, 2.05) is 12.2 Å². The Morgan fingerprint density at radius 2 is 0.792 bits per heavy atom. The molecule has 0 heterocycles. The van der Waals surface area contributed by atoms with Crippen molar-refractivity contribution >= 4 is 0 Å². The second-order valence-corrected chi connectivity index (χ2v) is 6.85. The molecule has 0 fully saturated rings. The summed E-state index contributed by atoms with van der Waals surface area (Å²) in [5.41, 5.74) is 0. The predicted octanol–water partition coefficient (Wildman–Crippen LogP) is 6.33. The van der Waals surface area contributed by atoms with Gasteiger partial charge in [-0.3, -0.25) is 0 Å². The van der Waals surface area contributed by atoms with E-state index in [1.165, 1.54) is 89.9 Å². The minimum Gasteiger partial charge on any atom is -0.396 e. The summed E-state index contributed by atoms with van der Waals surface area (Å²) in [6, 6.07) is 0. The molecule has 2 N–H and O–H groups in total. The second kappa shape index (κ2) is 22.4. The molecule has 0 aliphatic carbocycles. The molecule has 0 rings (SSSR count). The summed E-state index contributed by atoms with van der Waals surface area (Å²) in [6.07, 6.45) is 29.2. The fraction of sp³-hybridized carbons (Fsp3) is 0.818. The average molecular weight is 339 g/mol. The van der Waals surface area contributed by atoms with Gasteiger partial charge in [-0.05, 0) is 19.3 Å². The third-order valence-corrected chi connectivity index (χ3v) is 4.52. The van der Waals surface area contributed by atoms with Crippen molar-refractivity contribution in [1.29, 1.82) is 0 Å². The van der Waals surface area contributed by atoms with Crippen LogP contribution in [0.4, 0.5) is 0 Å². The number of aliphatic hydroxyl groups excluding tert-OH is 2. The van der Waals surface area contributed by atoms with E-state index in [9.17, 15) is 0 Å². The molecule has 0 aromatic rings. The van der Waals surface area contributed by atoms with Gasteiger partial charge in [0.15, 0.2) is 0 Å². The highest BCUT2D eigenvalue weighted by Gasteiger charge is 1.94. The molecule has 0 aliphatic heterocycles. The molecule has 0 aliphatic rings. The Bertz CT molecular complexity index is 271. The molecule has 0 radical (unpaired) electrons. The SMILES string of the molecule is OCC=CC=CCCCCCCCCCCCCCCCCCO. The summed E-state index contributed by atoms with van der Waals surface area (Å²) in [5, 5.41) is 17.3. The van der Waals surface area contributed by atoms with Crippen LogP contribution in [-0.2, 0) is 0 Å². The van der Waals surface area contributed by atoms with Gasteiger partial charge >= 0.3 is 0 Å². The Morgan fingerprint density at radius 3 is 1.21 bits per heavy atom. The third kappa shape index (κ3) is 21.4. The molecule has 0 unspecified atom stereocenters. The first-order valence-electron chi connectivity index (χ1n) is 10.4. The van der Waals surface area contributed by atoms with Crippen molar-refractivity contribution in [2.45, 2.75) is 103 Å². The van der Waals surface area contributed by atoms with Crippen LogP contribution in [0.25, 0.3) is 0 Å². The lowest BCUT2D eigenvalue weighted by atomic mass is 10.0. The number of aliphatic hydroxyl groups is 2. The highest BCUT2D eigenvalue weighted by molar-refractivity contribution is 5.02. The van der Waals surface area contributed by atoms with Gasteiger partial charge in [-0.15, -0.1) is 0 Å². The largest absolute Gasteiger partial charge is 0.396 e. The standard InChI is InChI=1S/C22H42O2/c23-21-19-17-15-13-11-9-7-5-3-1-2-4-6-8-10-12-14-16-18-20-22-24/h13,15,17,19,23-24H,1-12,14,16,18,20-22H2. The van der Waals surface area contributed by atoms with Crippen LogP contribution in [0.5, 0.6) is 0 Å². The third-order valence-electron chi connectivity index (χ3n) is 4.52. The van der Waals surface area contributed by atoms with E-state index in [0.717, 1.165) is 12.8 Å². The second-order valence-electron chi connectivity index (χ2n) is 6.85. The molecule has 24 heavy (non-hydrogen) atoms. The summed E-state index contributed by atoms with van der Waals surface area (Å²) < 4.78 is 0. The number of allylic oxidation sites excluding steroid dienone is 3. The van der Waals surface area contributed by atoms with Crippen molar-refractivity contribution < 1.29 is 10.2 Å². The molecule has 2 heteroatoms. The maximum absolute atomic E-state index is 8.71. The van der Waals surface area contributed by atoms with Crippen LogP contribution in [0.15, 0.2) is 24.3 Å². The van der Waals surface area contributed by atoms with Crippen LogP contribution in [0, 0.1) is 0 Å². The molecule has 0 saturated heterocycles. The maximum atomic E-state index is 8.71. The van der Waals surface area contributed by atoms with Crippen LogP contribution < -0.4 is 0 Å². The summed E-state index contributed by atoms with van der Waals surface area (Å²) in [7, 11) is 0. The monoisotopic (exact) mass is 338 g/mol. The molecule has 0 saturated carbocycles. The fourth-order valence-corrected chi connectivity index (χ4v) is 2.99. The van der Waals surface area contributed by atoms with Gasteiger partial charge in [-0.2, -0.15) is 0 Å². The van der Waals surface area contributed by atoms with Gasteiger partial charge in [0.2, 0.25) is 0 Å². The van der Waals surface area contributed by atoms with Crippen LogP contribution in [0.2, 0.25) is 0 Å². The van der Waals surface area contributed by atoms with Crippen molar-refractivity contribution in [3.63, 3.8) is 0 Å². The first-order valence-corrected chi connectivity index (χ1v) is 10.4. The zero-order valence-corrected chi connectivity index (χ0v) is 15.9. The van der Waals surface area contributed by atoms with E-state index in [2.05, 4.69) is 6.08 Å². The lowest BCUT2D eigenvalue weighted by Gasteiger charge is -2.03.